The Morgan fingerprint density at radius 2 is 2.11 bits per heavy atom. The molecule has 0 fully saturated rings. The van der Waals surface area contributed by atoms with Crippen molar-refractivity contribution in [3.05, 3.63) is 30.7 Å². The van der Waals surface area contributed by atoms with E-state index in [9.17, 15) is 4.79 Å². The van der Waals surface area contributed by atoms with Gasteiger partial charge in [-0.15, -0.1) is 10.2 Å². The minimum absolute atomic E-state index is 0.0565. The zero-order valence-electron chi connectivity index (χ0n) is 10.7. The number of nitrogens with one attached hydrogen (secondary N) is 2. The average molecular weight is 260 g/mol. The predicted molar refractivity (Wildman–Crippen MR) is 71.5 cm³/mol. The lowest BCUT2D eigenvalue weighted by molar-refractivity contribution is -0.115. The normalized spacial score (nSPS) is 10.4. The molecule has 2 aromatic rings. The van der Waals surface area contributed by atoms with E-state index in [1.54, 1.807) is 12.1 Å². The summed E-state index contributed by atoms with van der Waals surface area (Å²) in [5.41, 5.74) is 1.56. The SMILES string of the molecule is CCCNCC(=O)Nc1ccc(-c2nnco2)cc1. The number of amides is 1. The third-order valence-corrected chi connectivity index (χ3v) is 2.49. The van der Waals surface area contributed by atoms with E-state index in [-0.39, 0.29) is 5.91 Å². The van der Waals surface area contributed by atoms with Crippen LogP contribution in [0, 0.1) is 0 Å². The highest BCUT2D eigenvalue weighted by atomic mass is 16.4. The van der Waals surface area contributed by atoms with Crippen LogP contribution in [0.2, 0.25) is 0 Å². The van der Waals surface area contributed by atoms with Crippen LogP contribution in [0.3, 0.4) is 0 Å². The van der Waals surface area contributed by atoms with Gasteiger partial charge in [0.15, 0.2) is 0 Å². The summed E-state index contributed by atoms with van der Waals surface area (Å²) in [6.45, 7) is 3.21. The summed E-state index contributed by atoms with van der Waals surface area (Å²) in [5, 5.41) is 13.3. The van der Waals surface area contributed by atoms with Gasteiger partial charge in [-0.2, -0.15) is 0 Å². The molecule has 0 aliphatic carbocycles. The first-order valence-corrected chi connectivity index (χ1v) is 6.16. The van der Waals surface area contributed by atoms with Crippen molar-refractivity contribution in [1.29, 1.82) is 0 Å². The summed E-state index contributed by atoms with van der Waals surface area (Å²) in [6, 6.07) is 7.25. The Morgan fingerprint density at radius 1 is 1.32 bits per heavy atom. The quantitative estimate of drug-likeness (QED) is 0.772. The van der Waals surface area contributed by atoms with E-state index < -0.39 is 0 Å². The first-order chi connectivity index (χ1) is 9.29. The fraction of sp³-hybridized carbons (Fsp3) is 0.308. The molecule has 0 spiro atoms. The molecule has 0 bridgehead atoms. The topological polar surface area (TPSA) is 80.0 Å². The molecule has 19 heavy (non-hydrogen) atoms. The van der Waals surface area contributed by atoms with Crippen LogP contribution in [0.1, 0.15) is 13.3 Å². The van der Waals surface area contributed by atoms with Crippen LogP contribution in [0.15, 0.2) is 35.1 Å². The smallest absolute Gasteiger partial charge is 0.247 e. The Balaban J connectivity index is 1.90. The van der Waals surface area contributed by atoms with Crippen molar-refractivity contribution in [2.75, 3.05) is 18.4 Å². The van der Waals surface area contributed by atoms with Gasteiger partial charge in [0.25, 0.3) is 0 Å². The van der Waals surface area contributed by atoms with E-state index in [1.165, 1.54) is 6.39 Å². The van der Waals surface area contributed by atoms with Crippen LogP contribution in [-0.4, -0.2) is 29.2 Å². The third-order valence-electron chi connectivity index (χ3n) is 2.49. The van der Waals surface area contributed by atoms with E-state index >= 15 is 0 Å². The summed E-state index contributed by atoms with van der Waals surface area (Å²) in [7, 11) is 0. The number of carbonyl (C=O) groups excluding carboxylic acids is 1. The van der Waals surface area contributed by atoms with Crippen molar-refractivity contribution >= 4 is 11.6 Å². The Kier molecular flexibility index (Phi) is 4.63. The lowest BCUT2D eigenvalue weighted by atomic mass is 10.2. The molecule has 0 aliphatic rings. The van der Waals surface area contributed by atoms with Crippen LogP contribution in [0.5, 0.6) is 0 Å². The molecule has 0 saturated heterocycles. The number of nitrogens with zero attached hydrogens (tertiary/aromatic N) is 2. The second-order valence-corrected chi connectivity index (χ2v) is 4.05. The fourth-order valence-corrected chi connectivity index (χ4v) is 1.58. The average Bonchev–Trinajstić information content (AvgIpc) is 2.94. The maximum atomic E-state index is 11.6. The highest BCUT2D eigenvalue weighted by Crippen LogP contribution is 2.18. The Bertz CT molecular complexity index is 508. The van der Waals surface area contributed by atoms with Gasteiger partial charge in [0.1, 0.15) is 0 Å². The van der Waals surface area contributed by atoms with Crippen molar-refractivity contribution in [2.45, 2.75) is 13.3 Å². The number of aromatic nitrogens is 2. The number of hydrogen-bond donors (Lipinski definition) is 2. The monoisotopic (exact) mass is 260 g/mol. The first kappa shape index (κ1) is 13.2. The van der Waals surface area contributed by atoms with Crippen LogP contribution in [0.4, 0.5) is 5.69 Å². The van der Waals surface area contributed by atoms with E-state index in [0.717, 1.165) is 24.2 Å². The molecule has 2 N–H and O–H groups in total. The van der Waals surface area contributed by atoms with Crippen molar-refractivity contribution < 1.29 is 9.21 Å². The lowest BCUT2D eigenvalue weighted by Crippen LogP contribution is -2.28. The zero-order valence-corrected chi connectivity index (χ0v) is 10.7. The van der Waals surface area contributed by atoms with Gasteiger partial charge in [-0.05, 0) is 37.2 Å². The van der Waals surface area contributed by atoms with Gasteiger partial charge in [-0.25, -0.2) is 0 Å². The number of benzene rings is 1. The molecule has 0 aliphatic heterocycles. The molecule has 100 valence electrons. The number of carbonyl (C=O) groups is 1. The van der Waals surface area contributed by atoms with E-state index in [0.29, 0.717) is 12.4 Å². The molecule has 0 atom stereocenters. The summed E-state index contributed by atoms with van der Waals surface area (Å²) < 4.78 is 5.09. The molecule has 0 radical (unpaired) electrons. The second-order valence-electron chi connectivity index (χ2n) is 4.05. The van der Waals surface area contributed by atoms with Gasteiger partial charge in [0.05, 0.1) is 6.54 Å². The van der Waals surface area contributed by atoms with Crippen molar-refractivity contribution in [3.8, 4) is 11.5 Å². The highest BCUT2D eigenvalue weighted by molar-refractivity contribution is 5.92. The summed E-state index contributed by atoms with van der Waals surface area (Å²) in [4.78, 5) is 11.6. The van der Waals surface area contributed by atoms with Gasteiger partial charge in [-0.3, -0.25) is 4.79 Å². The minimum Gasteiger partial charge on any atom is -0.423 e. The van der Waals surface area contributed by atoms with Gasteiger partial charge >= 0.3 is 0 Å². The van der Waals surface area contributed by atoms with Crippen molar-refractivity contribution in [1.82, 2.24) is 15.5 Å². The predicted octanol–water partition coefficient (Wildman–Crippen LogP) is 1.67. The maximum Gasteiger partial charge on any atom is 0.247 e. The van der Waals surface area contributed by atoms with E-state index in [2.05, 4.69) is 27.8 Å². The minimum atomic E-state index is -0.0565. The molecule has 2 rings (SSSR count). The summed E-state index contributed by atoms with van der Waals surface area (Å²) in [5.74, 6) is 0.404. The summed E-state index contributed by atoms with van der Waals surface area (Å²) in [6.07, 6.45) is 2.29. The van der Waals surface area contributed by atoms with Crippen LogP contribution < -0.4 is 10.6 Å². The number of hydrogen-bond acceptors (Lipinski definition) is 5. The van der Waals surface area contributed by atoms with Gasteiger partial charge < -0.3 is 15.1 Å². The maximum absolute atomic E-state index is 11.6. The Morgan fingerprint density at radius 3 is 2.74 bits per heavy atom. The van der Waals surface area contributed by atoms with E-state index in [4.69, 9.17) is 4.42 Å². The zero-order chi connectivity index (χ0) is 13.5. The second kappa shape index (κ2) is 6.65. The standard InChI is InChI=1S/C13H16N4O2/c1-2-7-14-8-12(18)16-11-5-3-10(4-6-11)13-17-15-9-19-13/h3-6,9,14H,2,7-8H2,1H3,(H,16,18). The molecule has 1 amide bonds. The van der Waals surface area contributed by atoms with E-state index in [1.807, 2.05) is 12.1 Å². The van der Waals surface area contributed by atoms with Crippen molar-refractivity contribution in [3.63, 3.8) is 0 Å². The molecule has 1 heterocycles. The molecule has 6 nitrogen and oxygen atoms in total. The lowest BCUT2D eigenvalue weighted by Gasteiger charge is -2.06. The van der Waals surface area contributed by atoms with Gasteiger partial charge in [-0.1, -0.05) is 6.92 Å². The number of rotatable bonds is 6. The third kappa shape index (κ3) is 3.89. The van der Waals surface area contributed by atoms with Gasteiger partial charge in [0.2, 0.25) is 18.2 Å². The van der Waals surface area contributed by atoms with Crippen LogP contribution >= 0.6 is 0 Å². The largest absolute Gasteiger partial charge is 0.423 e. The molecule has 1 aromatic heterocycles. The van der Waals surface area contributed by atoms with Crippen LogP contribution in [0.25, 0.3) is 11.5 Å². The van der Waals surface area contributed by atoms with Gasteiger partial charge in [0, 0.05) is 11.3 Å². The Labute approximate surface area is 111 Å². The molecule has 6 heteroatoms. The number of anilines is 1. The molecular formula is C13H16N4O2. The molecular weight excluding hydrogens is 244 g/mol. The highest BCUT2D eigenvalue weighted by Gasteiger charge is 2.04. The molecule has 0 unspecified atom stereocenters. The molecule has 0 saturated carbocycles. The first-order valence-electron chi connectivity index (χ1n) is 6.16. The fourth-order valence-electron chi connectivity index (χ4n) is 1.58. The summed E-state index contributed by atoms with van der Waals surface area (Å²) >= 11 is 0. The van der Waals surface area contributed by atoms with Crippen molar-refractivity contribution in [2.24, 2.45) is 0 Å². The van der Waals surface area contributed by atoms with Crippen LogP contribution in [-0.2, 0) is 4.79 Å². The Hall–Kier alpha value is -2.21. The molecule has 1 aromatic carbocycles.